The van der Waals surface area contributed by atoms with Crippen molar-refractivity contribution in [2.75, 3.05) is 24.7 Å². The van der Waals surface area contributed by atoms with Crippen LogP contribution in [-0.4, -0.2) is 35.8 Å². The van der Waals surface area contributed by atoms with Crippen molar-refractivity contribution in [3.05, 3.63) is 12.2 Å². The molecule has 0 aromatic carbocycles. The van der Waals surface area contributed by atoms with Gasteiger partial charge in [0.25, 0.3) is 0 Å². The molecule has 0 heterocycles. The minimum absolute atomic E-state index is 0.0443. The predicted molar refractivity (Wildman–Crippen MR) is 109 cm³/mol. The summed E-state index contributed by atoms with van der Waals surface area (Å²) in [5.41, 5.74) is 0. The summed E-state index contributed by atoms with van der Waals surface area (Å²) >= 11 is 0. The maximum atomic E-state index is 12.1. The van der Waals surface area contributed by atoms with Crippen LogP contribution in [0, 0.1) is 17.8 Å². The van der Waals surface area contributed by atoms with E-state index in [4.69, 9.17) is 9.84 Å². The molecule has 0 aromatic rings. The van der Waals surface area contributed by atoms with Gasteiger partial charge in [-0.25, -0.2) is 0 Å². The Bertz CT molecular complexity index is 400. The molecule has 5 heteroatoms. The van der Waals surface area contributed by atoms with Crippen molar-refractivity contribution >= 4 is 27.6 Å². The fourth-order valence-corrected chi connectivity index (χ4v) is 5.99. The zero-order valence-electron chi connectivity index (χ0n) is 15.4. The number of unbranched alkanes of at least 4 members (excludes halogenated alkanes) is 6. The first-order chi connectivity index (χ1) is 12.3. The number of carbonyl (C=O) groups excluding carboxylic acids is 1. The van der Waals surface area contributed by atoms with E-state index >= 15 is 0 Å². The van der Waals surface area contributed by atoms with Gasteiger partial charge in [-0.2, -0.15) is 0 Å². The fourth-order valence-electron chi connectivity index (χ4n) is 3.69. The number of carbonyl (C=O) groups is 1. The van der Waals surface area contributed by atoms with Crippen LogP contribution in [0.5, 0.6) is 0 Å². The van der Waals surface area contributed by atoms with Crippen molar-refractivity contribution in [3.63, 3.8) is 0 Å². The van der Waals surface area contributed by atoms with Gasteiger partial charge < -0.3 is 9.84 Å². The van der Waals surface area contributed by atoms with Gasteiger partial charge in [0.1, 0.15) is 0 Å². The van der Waals surface area contributed by atoms with Crippen LogP contribution in [0.2, 0.25) is 0 Å². The lowest BCUT2D eigenvalue weighted by Gasteiger charge is -2.16. The largest absolute Gasteiger partial charge is 0.465 e. The number of esters is 1. The van der Waals surface area contributed by atoms with Gasteiger partial charge in [-0.15, -0.1) is 0 Å². The molecule has 1 N–H and O–H groups in total. The molecule has 25 heavy (non-hydrogen) atoms. The average Bonchev–Trinajstić information content (AvgIpc) is 3.25. The molecule has 3 unspecified atom stereocenters. The van der Waals surface area contributed by atoms with Crippen LogP contribution in [0.3, 0.4) is 0 Å². The smallest absolute Gasteiger partial charge is 0.309 e. The molecule has 3 nitrogen and oxygen atoms in total. The summed E-state index contributed by atoms with van der Waals surface area (Å²) in [5.74, 6) is 3.73. The Morgan fingerprint density at radius 3 is 2.20 bits per heavy atom. The van der Waals surface area contributed by atoms with Gasteiger partial charge in [-0.1, -0.05) is 59.4 Å². The Labute approximate surface area is 161 Å². The van der Waals surface area contributed by atoms with Crippen molar-refractivity contribution in [1.82, 2.24) is 0 Å². The third-order valence-corrected chi connectivity index (χ3v) is 7.74. The van der Waals surface area contributed by atoms with Gasteiger partial charge >= 0.3 is 5.97 Å². The summed E-state index contributed by atoms with van der Waals surface area (Å²) in [6.45, 7) is 0.937. The lowest BCUT2D eigenvalue weighted by Crippen LogP contribution is -2.21. The number of aliphatic hydroxyl groups is 1. The Morgan fingerprint density at radius 1 is 0.920 bits per heavy atom. The monoisotopic (exact) mass is 386 g/mol. The molecule has 0 radical (unpaired) electrons. The number of allylic oxidation sites excluding steroid dienone is 2. The van der Waals surface area contributed by atoms with Crippen molar-refractivity contribution in [2.45, 2.75) is 64.2 Å². The molecule has 2 rings (SSSR count). The minimum atomic E-state index is 0.0443. The highest BCUT2D eigenvalue weighted by Gasteiger charge is 2.40. The second-order valence-corrected chi connectivity index (χ2v) is 9.95. The van der Waals surface area contributed by atoms with E-state index in [9.17, 15) is 4.79 Å². The molecule has 3 atom stereocenters. The molecule has 0 amide bonds. The highest BCUT2D eigenvalue weighted by molar-refractivity contribution is 8.76. The normalized spacial score (nSPS) is 24.1. The summed E-state index contributed by atoms with van der Waals surface area (Å²) < 4.78 is 5.48. The molecule has 144 valence electrons. The van der Waals surface area contributed by atoms with Gasteiger partial charge in [-0.3, -0.25) is 4.79 Å². The zero-order valence-corrected chi connectivity index (χ0v) is 17.0. The molecular weight excluding hydrogens is 352 g/mol. The van der Waals surface area contributed by atoms with Gasteiger partial charge in [0.05, 0.1) is 12.5 Å². The first-order valence-electron chi connectivity index (χ1n) is 10.0. The predicted octanol–water partition coefficient (Wildman–Crippen LogP) is 5.24. The van der Waals surface area contributed by atoms with Gasteiger partial charge in [0, 0.05) is 18.1 Å². The van der Waals surface area contributed by atoms with E-state index in [1.54, 1.807) is 0 Å². The number of hydrogen-bond acceptors (Lipinski definition) is 5. The molecule has 0 aromatic heterocycles. The summed E-state index contributed by atoms with van der Waals surface area (Å²) in [7, 11) is 3.97. The second-order valence-electron chi connectivity index (χ2n) is 7.25. The lowest BCUT2D eigenvalue weighted by atomic mass is 9.94. The number of ether oxygens (including phenoxy) is 1. The number of hydrogen-bond donors (Lipinski definition) is 1. The molecule has 1 fully saturated rings. The van der Waals surface area contributed by atoms with E-state index in [0.29, 0.717) is 25.0 Å². The second kappa shape index (κ2) is 13.1. The Kier molecular flexibility index (Phi) is 11.1. The van der Waals surface area contributed by atoms with Crippen LogP contribution in [0.25, 0.3) is 0 Å². The van der Waals surface area contributed by atoms with E-state index in [1.165, 1.54) is 37.2 Å². The summed E-state index contributed by atoms with van der Waals surface area (Å²) in [6, 6.07) is 0. The third kappa shape index (κ3) is 8.40. The number of aliphatic hydroxyl groups excluding tert-OH is 1. The van der Waals surface area contributed by atoms with Crippen molar-refractivity contribution in [2.24, 2.45) is 17.8 Å². The van der Waals surface area contributed by atoms with E-state index in [-0.39, 0.29) is 11.9 Å². The quantitative estimate of drug-likeness (QED) is 0.181. The van der Waals surface area contributed by atoms with Crippen LogP contribution in [-0.2, 0) is 9.53 Å². The van der Waals surface area contributed by atoms with Crippen molar-refractivity contribution in [3.8, 4) is 0 Å². The summed E-state index contributed by atoms with van der Waals surface area (Å²) in [5, 5.41) is 8.71. The molecule has 0 aliphatic heterocycles. The Hall–Kier alpha value is -0.130. The van der Waals surface area contributed by atoms with E-state index in [1.807, 2.05) is 21.6 Å². The van der Waals surface area contributed by atoms with Crippen molar-refractivity contribution in [1.29, 1.82) is 0 Å². The summed E-state index contributed by atoms with van der Waals surface area (Å²) in [4.78, 5) is 12.1. The lowest BCUT2D eigenvalue weighted by molar-refractivity contribution is -0.149. The zero-order chi connectivity index (χ0) is 17.7. The first kappa shape index (κ1) is 21.2. The van der Waals surface area contributed by atoms with E-state index < -0.39 is 0 Å². The molecule has 0 spiro atoms. The number of fused-ring (bicyclic) bond motifs is 2. The molecule has 2 bridgehead atoms. The molecule has 2 aliphatic rings. The highest BCUT2D eigenvalue weighted by Crippen LogP contribution is 2.43. The van der Waals surface area contributed by atoms with Gasteiger partial charge in [-0.05, 0) is 50.4 Å². The van der Waals surface area contributed by atoms with Crippen LogP contribution >= 0.6 is 21.6 Å². The van der Waals surface area contributed by atoms with Gasteiger partial charge in [0.15, 0.2) is 0 Å². The molecule has 1 saturated carbocycles. The minimum Gasteiger partial charge on any atom is -0.465 e. The van der Waals surface area contributed by atoms with E-state index in [0.717, 1.165) is 38.5 Å². The maximum Gasteiger partial charge on any atom is 0.309 e. The highest BCUT2D eigenvalue weighted by atomic mass is 33.1. The topological polar surface area (TPSA) is 46.5 Å². The first-order valence-corrected chi connectivity index (χ1v) is 12.5. The van der Waals surface area contributed by atoms with Crippen molar-refractivity contribution < 1.29 is 14.6 Å². The molecule has 0 saturated heterocycles. The Balaban J connectivity index is 1.30. The average molecular weight is 387 g/mol. The summed E-state index contributed by atoms with van der Waals surface area (Å²) in [6.07, 6.45) is 15.9. The van der Waals surface area contributed by atoms with Gasteiger partial charge in [0.2, 0.25) is 0 Å². The van der Waals surface area contributed by atoms with Crippen LogP contribution in [0.15, 0.2) is 12.2 Å². The van der Waals surface area contributed by atoms with Crippen LogP contribution < -0.4 is 0 Å². The molecular formula is C20H34O3S2. The SMILES string of the molecule is O=C(OCCCCCCSSCCCCCCO)C1CC2C=CC1C2. The Morgan fingerprint density at radius 2 is 1.60 bits per heavy atom. The fraction of sp³-hybridized carbons (Fsp3) is 0.850. The number of rotatable bonds is 15. The third-order valence-electron chi connectivity index (χ3n) is 5.17. The van der Waals surface area contributed by atoms with Crippen LogP contribution in [0.4, 0.5) is 0 Å². The standard InChI is InChI=1S/C20H34O3S2/c21-11-5-1-3-7-13-24-25-14-8-4-2-6-12-23-20(22)19-16-17-9-10-18(19)15-17/h9-10,17-19,21H,1-8,11-16H2. The maximum absolute atomic E-state index is 12.1. The molecule has 2 aliphatic carbocycles. The van der Waals surface area contributed by atoms with Crippen LogP contribution in [0.1, 0.15) is 64.2 Å². The van der Waals surface area contributed by atoms with E-state index in [2.05, 4.69) is 12.2 Å².